The molecule has 2 aliphatic rings. The molecule has 2 N–H and O–H groups in total. The van der Waals surface area contributed by atoms with Gasteiger partial charge in [0.05, 0.1) is 12.7 Å². The minimum absolute atomic E-state index is 0.336. The molecule has 0 radical (unpaired) electrons. The predicted octanol–water partition coefficient (Wildman–Crippen LogP) is 0.274. The van der Waals surface area contributed by atoms with E-state index in [0.29, 0.717) is 32.3 Å². The number of nitrogens with zero attached hydrogens (tertiary/aromatic N) is 1. The fourth-order valence-corrected chi connectivity index (χ4v) is 2.89. The van der Waals surface area contributed by atoms with Gasteiger partial charge in [-0.25, -0.2) is 0 Å². The molecule has 0 bridgehead atoms. The van der Waals surface area contributed by atoms with Crippen LogP contribution in [0.15, 0.2) is 0 Å². The SMILES string of the molecule is O=C(NCCOC1CCCCC1)C(=O)N1CCCNCC1. The molecule has 1 heterocycles. The zero-order valence-electron chi connectivity index (χ0n) is 12.7. The normalized spacial score (nSPS) is 20.9. The molecule has 2 amide bonds. The third kappa shape index (κ3) is 5.63. The molecule has 6 nitrogen and oxygen atoms in total. The van der Waals surface area contributed by atoms with E-state index in [1.807, 2.05) is 0 Å². The number of carbonyl (C=O) groups excluding carboxylic acids is 2. The Kier molecular flexibility index (Phi) is 6.95. The van der Waals surface area contributed by atoms with Crippen molar-refractivity contribution < 1.29 is 14.3 Å². The van der Waals surface area contributed by atoms with E-state index in [9.17, 15) is 9.59 Å². The highest BCUT2D eigenvalue weighted by atomic mass is 16.5. The number of carbonyl (C=O) groups is 2. The first-order valence-corrected chi connectivity index (χ1v) is 8.17. The van der Waals surface area contributed by atoms with Crippen LogP contribution in [-0.2, 0) is 14.3 Å². The predicted molar refractivity (Wildman–Crippen MR) is 79.9 cm³/mol. The van der Waals surface area contributed by atoms with Crippen LogP contribution < -0.4 is 10.6 Å². The Hall–Kier alpha value is -1.14. The largest absolute Gasteiger partial charge is 0.376 e. The fraction of sp³-hybridized carbons (Fsp3) is 0.867. The molecule has 1 aliphatic heterocycles. The standard InChI is InChI=1S/C15H27N3O3/c19-14(15(20)18-10-4-7-16-8-11-18)17-9-12-21-13-5-2-1-3-6-13/h13,16H,1-12H2,(H,17,19). The maximum atomic E-state index is 12.0. The third-order valence-corrected chi connectivity index (χ3v) is 4.11. The van der Waals surface area contributed by atoms with Crippen molar-refractivity contribution in [3.63, 3.8) is 0 Å². The molecule has 0 atom stereocenters. The summed E-state index contributed by atoms with van der Waals surface area (Å²) in [7, 11) is 0. The number of hydrogen-bond donors (Lipinski definition) is 2. The number of hydrogen-bond acceptors (Lipinski definition) is 4. The number of ether oxygens (including phenoxy) is 1. The lowest BCUT2D eigenvalue weighted by Gasteiger charge is -2.22. The summed E-state index contributed by atoms with van der Waals surface area (Å²) in [4.78, 5) is 25.4. The highest BCUT2D eigenvalue weighted by Gasteiger charge is 2.22. The lowest BCUT2D eigenvalue weighted by atomic mass is 9.98. The van der Waals surface area contributed by atoms with Crippen LogP contribution >= 0.6 is 0 Å². The fourth-order valence-electron chi connectivity index (χ4n) is 2.89. The Morgan fingerprint density at radius 2 is 1.90 bits per heavy atom. The van der Waals surface area contributed by atoms with Gasteiger partial charge in [-0.2, -0.15) is 0 Å². The van der Waals surface area contributed by atoms with Gasteiger partial charge in [0.2, 0.25) is 0 Å². The van der Waals surface area contributed by atoms with E-state index in [1.54, 1.807) is 4.90 Å². The molecule has 6 heteroatoms. The second-order valence-electron chi connectivity index (χ2n) is 5.78. The molecular formula is C15H27N3O3. The van der Waals surface area contributed by atoms with Gasteiger partial charge in [-0.05, 0) is 25.8 Å². The molecular weight excluding hydrogens is 270 g/mol. The van der Waals surface area contributed by atoms with Crippen molar-refractivity contribution in [1.29, 1.82) is 0 Å². The summed E-state index contributed by atoms with van der Waals surface area (Å²) in [5.74, 6) is -0.930. The zero-order valence-corrected chi connectivity index (χ0v) is 12.7. The van der Waals surface area contributed by atoms with Gasteiger partial charge in [-0.15, -0.1) is 0 Å². The number of amides is 2. The van der Waals surface area contributed by atoms with Gasteiger partial charge < -0.3 is 20.3 Å². The van der Waals surface area contributed by atoms with Gasteiger partial charge in [0.25, 0.3) is 0 Å². The second-order valence-corrected chi connectivity index (χ2v) is 5.78. The maximum Gasteiger partial charge on any atom is 0.311 e. The zero-order chi connectivity index (χ0) is 14.9. The number of rotatable bonds is 4. The Labute approximate surface area is 126 Å². The highest BCUT2D eigenvalue weighted by Crippen LogP contribution is 2.19. The first kappa shape index (κ1) is 16.2. The van der Waals surface area contributed by atoms with E-state index < -0.39 is 11.8 Å². The van der Waals surface area contributed by atoms with Gasteiger partial charge in [0.15, 0.2) is 0 Å². The van der Waals surface area contributed by atoms with E-state index in [2.05, 4.69) is 10.6 Å². The van der Waals surface area contributed by atoms with Crippen LogP contribution in [0.5, 0.6) is 0 Å². The highest BCUT2D eigenvalue weighted by molar-refractivity contribution is 6.35. The number of nitrogens with one attached hydrogen (secondary N) is 2. The summed E-state index contributed by atoms with van der Waals surface area (Å²) < 4.78 is 5.73. The van der Waals surface area contributed by atoms with Crippen LogP contribution in [0.2, 0.25) is 0 Å². The van der Waals surface area contributed by atoms with E-state index in [-0.39, 0.29) is 0 Å². The Balaban J connectivity index is 1.60. The molecule has 1 aliphatic carbocycles. The van der Waals surface area contributed by atoms with E-state index in [1.165, 1.54) is 19.3 Å². The third-order valence-electron chi connectivity index (χ3n) is 4.11. The Bertz CT molecular complexity index is 335. The monoisotopic (exact) mass is 297 g/mol. The lowest BCUT2D eigenvalue weighted by Crippen LogP contribution is -2.45. The van der Waals surface area contributed by atoms with E-state index >= 15 is 0 Å². The molecule has 120 valence electrons. The molecule has 0 aromatic rings. The van der Waals surface area contributed by atoms with Crippen LogP contribution in [0.1, 0.15) is 38.5 Å². The second kappa shape index (κ2) is 9.00. The summed E-state index contributed by atoms with van der Waals surface area (Å²) in [5.41, 5.74) is 0. The molecule has 21 heavy (non-hydrogen) atoms. The maximum absolute atomic E-state index is 12.0. The van der Waals surface area contributed by atoms with Gasteiger partial charge in [-0.3, -0.25) is 9.59 Å². The van der Waals surface area contributed by atoms with Crippen molar-refractivity contribution >= 4 is 11.8 Å². The molecule has 2 fully saturated rings. The molecule has 0 unspecified atom stereocenters. The quantitative estimate of drug-likeness (QED) is 0.577. The molecule has 2 rings (SSSR count). The van der Waals surface area contributed by atoms with Crippen molar-refractivity contribution in [1.82, 2.24) is 15.5 Å². The van der Waals surface area contributed by atoms with Crippen LogP contribution in [-0.4, -0.2) is 62.1 Å². The molecule has 0 aromatic carbocycles. The minimum atomic E-state index is -0.510. The van der Waals surface area contributed by atoms with Crippen LogP contribution in [0.3, 0.4) is 0 Å². The smallest absolute Gasteiger partial charge is 0.311 e. The summed E-state index contributed by atoms with van der Waals surface area (Å²) in [6.07, 6.45) is 7.24. The van der Waals surface area contributed by atoms with E-state index in [4.69, 9.17) is 4.74 Å². The first-order chi connectivity index (χ1) is 10.3. The van der Waals surface area contributed by atoms with Gasteiger partial charge in [0, 0.05) is 26.2 Å². The summed E-state index contributed by atoms with van der Waals surface area (Å²) in [6, 6.07) is 0. The van der Waals surface area contributed by atoms with Crippen molar-refractivity contribution in [2.24, 2.45) is 0 Å². The summed E-state index contributed by atoms with van der Waals surface area (Å²) in [6.45, 7) is 3.81. The Morgan fingerprint density at radius 3 is 2.71 bits per heavy atom. The van der Waals surface area contributed by atoms with E-state index in [0.717, 1.165) is 32.4 Å². The van der Waals surface area contributed by atoms with Crippen LogP contribution in [0, 0.1) is 0 Å². The van der Waals surface area contributed by atoms with Crippen molar-refractivity contribution in [2.45, 2.75) is 44.6 Å². The molecule has 0 aromatic heterocycles. The average molecular weight is 297 g/mol. The Morgan fingerprint density at radius 1 is 1.10 bits per heavy atom. The van der Waals surface area contributed by atoms with Crippen LogP contribution in [0.25, 0.3) is 0 Å². The lowest BCUT2D eigenvalue weighted by molar-refractivity contribution is -0.145. The van der Waals surface area contributed by atoms with Crippen molar-refractivity contribution in [3.05, 3.63) is 0 Å². The van der Waals surface area contributed by atoms with Gasteiger partial charge >= 0.3 is 11.8 Å². The van der Waals surface area contributed by atoms with Crippen molar-refractivity contribution in [2.75, 3.05) is 39.3 Å². The summed E-state index contributed by atoms with van der Waals surface area (Å²) >= 11 is 0. The van der Waals surface area contributed by atoms with Gasteiger partial charge in [0.1, 0.15) is 0 Å². The average Bonchev–Trinajstić information content (AvgIpc) is 2.81. The molecule has 1 saturated heterocycles. The van der Waals surface area contributed by atoms with Crippen molar-refractivity contribution in [3.8, 4) is 0 Å². The molecule has 0 spiro atoms. The molecule has 1 saturated carbocycles. The van der Waals surface area contributed by atoms with Crippen LogP contribution in [0.4, 0.5) is 0 Å². The first-order valence-electron chi connectivity index (χ1n) is 8.17. The topological polar surface area (TPSA) is 70.7 Å². The van der Waals surface area contributed by atoms with Gasteiger partial charge in [-0.1, -0.05) is 19.3 Å². The summed E-state index contributed by atoms with van der Waals surface area (Å²) in [5, 5.41) is 5.88. The minimum Gasteiger partial charge on any atom is -0.376 e.